The fraction of sp³-hybridized carbons (Fsp3) is 0.625. The third-order valence-electron chi connectivity index (χ3n) is 1.37. The van der Waals surface area contributed by atoms with Crippen molar-refractivity contribution >= 4 is 6.09 Å². The molecule has 0 atom stereocenters. The topological polar surface area (TPSA) is 77.2 Å². The van der Waals surface area contributed by atoms with Crippen molar-refractivity contribution in [3.63, 3.8) is 0 Å². The molecule has 6 nitrogen and oxygen atoms in total. The number of hydrogen-bond donors (Lipinski definition) is 1. The summed E-state index contributed by atoms with van der Waals surface area (Å²) in [6, 6.07) is 0. The molecule has 6 heteroatoms. The second-order valence-corrected chi connectivity index (χ2v) is 2.98. The summed E-state index contributed by atoms with van der Waals surface area (Å²) in [5, 5.41) is 6.17. The van der Waals surface area contributed by atoms with Gasteiger partial charge in [0.05, 0.1) is 6.10 Å². The molecule has 1 rings (SSSR count). The van der Waals surface area contributed by atoms with Gasteiger partial charge in [-0.1, -0.05) is 5.16 Å². The van der Waals surface area contributed by atoms with E-state index < -0.39 is 6.09 Å². The Kier molecular flexibility index (Phi) is 3.90. The summed E-state index contributed by atoms with van der Waals surface area (Å²) in [7, 11) is 0. The molecule has 1 amide bonds. The first-order valence-corrected chi connectivity index (χ1v) is 4.38. The van der Waals surface area contributed by atoms with Crippen LogP contribution < -0.4 is 5.32 Å². The molecule has 0 saturated heterocycles. The minimum absolute atomic E-state index is 0.111. The number of ether oxygens (including phenoxy) is 1. The van der Waals surface area contributed by atoms with Crippen molar-refractivity contribution in [2.75, 3.05) is 6.54 Å². The van der Waals surface area contributed by atoms with Gasteiger partial charge < -0.3 is 14.6 Å². The lowest BCUT2D eigenvalue weighted by molar-refractivity contribution is 0.116. The maximum atomic E-state index is 11.0. The molecular formula is C8H13N3O3. The van der Waals surface area contributed by atoms with E-state index in [2.05, 4.69) is 20.0 Å². The zero-order chi connectivity index (χ0) is 10.4. The van der Waals surface area contributed by atoms with Gasteiger partial charge in [-0.3, -0.25) is 0 Å². The zero-order valence-corrected chi connectivity index (χ0v) is 8.19. The summed E-state index contributed by atoms with van der Waals surface area (Å²) in [6.07, 6.45) is 1.24. The summed E-state index contributed by atoms with van der Waals surface area (Å²) in [4.78, 5) is 14.8. The molecule has 0 bridgehead atoms. The molecule has 0 fully saturated rings. The van der Waals surface area contributed by atoms with E-state index in [1.807, 2.05) is 0 Å². The normalized spacial score (nSPS) is 10.2. The second kappa shape index (κ2) is 5.21. The summed E-state index contributed by atoms with van der Waals surface area (Å²) in [5.74, 6) is 0.565. The fourth-order valence-electron chi connectivity index (χ4n) is 0.835. The fourth-order valence-corrected chi connectivity index (χ4v) is 0.835. The third kappa shape index (κ3) is 3.88. The SMILES string of the molecule is CC(C)OC(=O)NCCc1ncon1. The Morgan fingerprint density at radius 2 is 2.50 bits per heavy atom. The Bertz CT molecular complexity index is 271. The van der Waals surface area contributed by atoms with E-state index in [-0.39, 0.29) is 6.10 Å². The predicted molar refractivity (Wildman–Crippen MR) is 47.6 cm³/mol. The molecule has 0 aliphatic rings. The van der Waals surface area contributed by atoms with Gasteiger partial charge in [0, 0.05) is 13.0 Å². The van der Waals surface area contributed by atoms with E-state index in [0.29, 0.717) is 18.8 Å². The molecule has 0 unspecified atom stereocenters. The molecule has 1 aromatic rings. The summed E-state index contributed by atoms with van der Waals surface area (Å²) >= 11 is 0. The van der Waals surface area contributed by atoms with E-state index in [1.165, 1.54) is 6.39 Å². The van der Waals surface area contributed by atoms with Crippen LogP contribution in [-0.4, -0.2) is 28.9 Å². The third-order valence-corrected chi connectivity index (χ3v) is 1.37. The van der Waals surface area contributed by atoms with Gasteiger partial charge in [0.15, 0.2) is 5.82 Å². The highest BCUT2D eigenvalue weighted by Crippen LogP contribution is 1.90. The van der Waals surface area contributed by atoms with Crippen molar-refractivity contribution in [1.82, 2.24) is 15.5 Å². The number of aromatic nitrogens is 2. The van der Waals surface area contributed by atoms with Gasteiger partial charge in [-0.15, -0.1) is 0 Å². The number of carbonyl (C=O) groups excluding carboxylic acids is 1. The molecule has 1 aromatic heterocycles. The van der Waals surface area contributed by atoms with Crippen LogP contribution in [0.1, 0.15) is 19.7 Å². The van der Waals surface area contributed by atoms with Crippen LogP contribution in [0.2, 0.25) is 0 Å². The number of rotatable bonds is 4. The van der Waals surface area contributed by atoms with Crippen LogP contribution in [0.3, 0.4) is 0 Å². The van der Waals surface area contributed by atoms with Crippen LogP contribution in [0, 0.1) is 0 Å². The Morgan fingerprint density at radius 1 is 1.71 bits per heavy atom. The van der Waals surface area contributed by atoms with Gasteiger partial charge in [-0.2, -0.15) is 4.98 Å². The molecule has 0 aliphatic heterocycles. The quantitative estimate of drug-likeness (QED) is 0.774. The molecule has 78 valence electrons. The first-order chi connectivity index (χ1) is 6.68. The van der Waals surface area contributed by atoms with E-state index in [4.69, 9.17) is 4.74 Å². The number of hydrogen-bond acceptors (Lipinski definition) is 5. The van der Waals surface area contributed by atoms with Crippen LogP contribution in [0.4, 0.5) is 4.79 Å². The average Bonchev–Trinajstić information content (AvgIpc) is 2.55. The smallest absolute Gasteiger partial charge is 0.407 e. The molecule has 1 N–H and O–H groups in total. The lowest BCUT2D eigenvalue weighted by atomic mass is 10.4. The Hall–Kier alpha value is -1.59. The van der Waals surface area contributed by atoms with Crippen molar-refractivity contribution in [3.8, 4) is 0 Å². The standard InChI is InChI=1S/C8H13N3O3/c1-6(2)14-8(12)9-4-3-7-10-5-13-11-7/h5-6H,3-4H2,1-2H3,(H,9,12). The zero-order valence-electron chi connectivity index (χ0n) is 8.19. The minimum atomic E-state index is -0.427. The van der Waals surface area contributed by atoms with E-state index >= 15 is 0 Å². The molecule has 0 aliphatic carbocycles. The van der Waals surface area contributed by atoms with E-state index in [0.717, 1.165) is 0 Å². The Balaban J connectivity index is 2.12. The number of nitrogens with one attached hydrogen (secondary N) is 1. The molecule has 0 aromatic carbocycles. The summed E-state index contributed by atoms with van der Waals surface area (Å²) in [6.45, 7) is 4.02. The van der Waals surface area contributed by atoms with Gasteiger partial charge in [0.25, 0.3) is 0 Å². The maximum absolute atomic E-state index is 11.0. The maximum Gasteiger partial charge on any atom is 0.407 e. The number of alkyl carbamates (subject to hydrolysis) is 1. The molecule has 0 spiro atoms. The molecule has 1 heterocycles. The summed E-state index contributed by atoms with van der Waals surface area (Å²) < 4.78 is 9.39. The van der Waals surface area contributed by atoms with Gasteiger partial charge in [-0.05, 0) is 13.8 Å². The highest BCUT2D eigenvalue weighted by molar-refractivity contribution is 5.67. The monoisotopic (exact) mass is 199 g/mol. The van der Waals surface area contributed by atoms with Crippen molar-refractivity contribution in [1.29, 1.82) is 0 Å². The van der Waals surface area contributed by atoms with Crippen LogP contribution in [0.5, 0.6) is 0 Å². The van der Waals surface area contributed by atoms with Gasteiger partial charge >= 0.3 is 6.09 Å². The van der Waals surface area contributed by atoms with Crippen LogP contribution in [0.15, 0.2) is 10.9 Å². The highest BCUT2D eigenvalue weighted by atomic mass is 16.6. The lowest BCUT2D eigenvalue weighted by Gasteiger charge is -2.08. The average molecular weight is 199 g/mol. The second-order valence-electron chi connectivity index (χ2n) is 2.98. The van der Waals surface area contributed by atoms with E-state index in [9.17, 15) is 4.79 Å². The van der Waals surface area contributed by atoms with Crippen LogP contribution in [-0.2, 0) is 11.2 Å². The van der Waals surface area contributed by atoms with Crippen molar-refractivity contribution in [2.24, 2.45) is 0 Å². The van der Waals surface area contributed by atoms with Crippen LogP contribution in [0.25, 0.3) is 0 Å². The van der Waals surface area contributed by atoms with Crippen LogP contribution >= 0.6 is 0 Å². The Morgan fingerprint density at radius 3 is 3.07 bits per heavy atom. The van der Waals surface area contributed by atoms with Gasteiger partial charge in [-0.25, -0.2) is 4.79 Å². The number of nitrogens with zero attached hydrogens (tertiary/aromatic N) is 2. The molecule has 0 radical (unpaired) electrons. The number of amides is 1. The summed E-state index contributed by atoms with van der Waals surface area (Å²) in [5.41, 5.74) is 0. The van der Waals surface area contributed by atoms with E-state index in [1.54, 1.807) is 13.8 Å². The first-order valence-electron chi connectivity index (χ1n) is 4.38. The number of carbonyl (C=O) groups is 1. The molecule has 14 heavy (non-hydrogen) atoms. The first kappa shape index (κ1) is 10.5. The van der Waals surface area contributed by atoms with Crippen molar-refractivity contribution in [2.45, 2.75) is 26.4 Å². The minimum Gasteiger partial charge on any atom is -0.447 e. The van der Waals surface area contributed by atoms with Crippen molar-refractivity contribution in [3.05, 3.63) is 12.2 Å². The van der Waals surface area contributed by atoms with Gasteiger partial charge in [0.2, 0.25) is 6.39 Å². The Labute approximate surface area is 81.6 Å². The lowest BCUT2D eigenvalue weighted by Crippen LogP contribution is -2.28. The van der Waals surface area contributed by atoms with Gasteiger partial charge in [0.1, 0.15) is 0 Å². The molecular weight excluding hydrogens is 186 g/mol. The molecule has 0 saturated carbocycles. The van der Waals surface area contributed by atoms with Crippen molar-refractivity contribution < 1.29 is 14.1 Å². The largest absolute Gasteiger partial charge is 0.447 e. The predicted octanol–water partition coefficient (Wildman–Crippen LogP) is 0.747. The highest BCUT2D eigenvalue weighted by Gasteiger charge is 2.04.